The largest absolute Gasteiger partial charge is 0.312 e. The van der Waals surface area contributed by atoms with Crippen LogP contribution in [0.3, 0.4) is 0 Å². The quantitative estimate of drug-likeness (QED) is 0.764. The van der Waals surface area contributed by atoms with Crippen LogP contribution in [-0.4, -0.2) is 6.54 Å². The summed E-state index contributed by atoms with van der Waals surface area (Å²) >= 11 is 0. The molecule has 1 atom stereocenters. The fourth-order valence-corrected chi connectivity index (χ4v) is 3.38. The van der Waals surface area contributed by atoms with E-state index in [4.69, 9.17) is 0 Å². The normalized spacial score (nSPS) is 19.4. The summed E-state index contributed by atoms with van der Waals surface area (Å²) in [5, 5.41) is 3.54. The topological polar surface area (TPSA) is 12.0 Å². The van der Waals surface area contributed by atoms with Crippen molar-refractivity contribution in [2.75, 3.05) is 6.54 Å². The van der Waals surface area contributed by atoms with E-state index in [1.54, 1.807) is 5.56 Å². The summed E-state index contributed by atoms with van der Waals surface area (Å²) in [6.07, 6.45) is 1.11. The number of fused-ring (bicyclic) bond motifs is 2. The number of benzene rings is 2. The average Bonchev–Trinajstić information content (AvgIpc) is 2.39. The molecular formula is C16H16ClN. The van der Waals surface area contributed by atoms with Crippen LogP contribution in [0.2, 0.25) is 0 Å². The van der Waals surface area contributed by atoms with Gasteiger partial charge in [0.2, 0.25) is 0 Å². The summed E-state index contributed by atoms with van der Waals surface area (Å²) < 4.78 is 0. The van der Waals surface area contributed by atoms with E-state index in [2.05, 4.69) is 47.8 Å². The Balaban J connectivity index is 0.000001000. The zero-order valence-corrected chi connectivity index (χ0v) is 11.0. The molecule has 2 aliphatic rings. The standard InChI is InChI=1S/C16H15N.ClH/c1-2-7-14-11(4-1)8-12-5-3-6-13-9-17-10-15(14)16(12)13;/h1-7,15,17H,8-10H2;1H. The molecule has 1 heterocycles. The van der Waals surface area contributed by atoms with Gasteiger partial charge in [-0.3, -0.25) is 0 Å². The molecule has 1 unspecified atom stereocenters. The first-order valence-corrected chi connectivity index (χ1v) is 6.32. The maximum absolute atomic E-state index is 3.54. The zero-order valence-electron chi connectivity index (χ0n) is 10.1. The van der Waals surface area contributed by atoms with Crippen molar-refractivity contribution in [3.63, 3.8) is 0 Å². The van der Waals surface area contributed by atoms with Gasteiger partial charge in [-0.1, -0.05) is 42.5 Å². The van der Waals surface area contributed by atoms with Crippen molar-refractivity contribution in [3.8, 4) is 0 Å². The molecule has 0 fully saturated rings. The molecule has 2 heteroatoms. The van der Waals surface area contributed by atoms with E-state index in [0.29, 0.717) is 5.92 Å². The van der Waals surface area contributed by atoms with E-state index in [0.717, 1.165) is 19.5 Å². The second kappa shape index (κ2) is 4.42. The fourth-order valence-electron chi connectivity index (χ4n) is 3.38. The maximum Gasteiger partial charge on any atom is 0.0223 e. The Morgan fingerprint density at radius 2 is 1.67 bits per heavy atom. The van der Waals surface area contributed by atoms with Crippen LogP contribution < -0.4 is 5.32 Å². The first-order valence-electron chi connectivity index (χ1n) is 6.32. The molecule has 4 rings (SSSR count). The van der Waals surface area contributed by atoms with E-state index in [1.807, 2.05) is 0 Å². The SMILES string of the molecule is Cl.c1ccc2c(c1)Cc1cccc3c1C2CNC3. The summed E-state index contributed by atoms with van der Waals surface area (Å²) in [5.74, 6) is 0.569. The highest BCUT2D eigenvalue weighted by atomic mass is 35.5. The molecule has 0 saturated heterocycles. The smallest absolute Gasteiger partial charge is 0.0223 e. The van der Waals surface area contributed by atoms with Crippen LogP contribution in [-0.2, 0) is 13.0 Å². The van der Waals surface area contributed by atoms with Crippen molar-refractivity contribution in [2.45, 2.75) is 18.9 Å². The molecule has 0 radical (unpaired) electrons. The average molecular weight is 258 g/mol. The Morgan fingerprint density at radius 1 is 0.889 bits per heavy atom. The van der Waals surface area contributed by atoms with Crippen LogP contribution >= 0.6 is 12.4 Å². The van der Waals surface area contributed by atoms with E-state index < -0.39 is 0 Å². The Hall–Kier alpha value is -1.31. The second-order valence-electron chi connectivity index (χ2n) is 5.05. The van der Waals surface area contributed by atoms with Gasteiger partial charge in [0.05, 0.1) is 0 Å². The molecule has 0 bridgehead atoms. The Bertz CT molecular complexity index is 591. The van der Waals surface area contributed by atoms with E-state index in [1.165, 1.54) is 22.3 Å². The van der Waals surface area contributed by atoms with Gasteiger partial charge < -0.3 is 5.32 Å². The predicted octanol–water partition coefficient (Wildman–Crippen LogP) is 3.25. The van der Waals surface area contributed by atoms with Crippen LogP contribution in [0.15, 0.2) is 42.5 Å². The summed E-state index contributed by atoms with van der Waals surface area (Å²) in [5.41, 5.74) is 7.66. The molecule has 1 nitrogen and oxygen atoms in total. The Labute approximate surface area is 114 Å². The molecule has 0 saturated carbocycles. The lowest BCUT2D eigenvalue weighted by Crippen LogP contribution is -2.32. The van der Waals surface area contributed by atoms with Crippen LogP contribution in [0.4, 0.5) is 0 Å². The lowest BCUT2D eigenvalue weighted by molar-refractivity contribution is 0.577. The van der Waals surface area contributed by atoms with Gasteiger partial charge in [0, 0.05) is 19.0 Å². The minimum atomic E-state index is 0. The highest BCUT2D eigenvalue weighted by molar-refractivity contribution is 5.85. The van der Waals surface area contributed by atoms with Crippen molar-refractivity contribution in [1.82, 2.24) is 5.32 Å². The molecule has 1 aliphatic carbocycles. The van der Waals surface area contributed by atoms with Crippen LogP contribution in [0.25, 0.3) is 0 Å². The van der Waals surface area contributed by atoms with E-state index >= 15 is 0 Å². The molecular weight excluding hydrogens is 242 g/mol. The lowest BCUT2D eigenvalue weighted by atomic mass is 9.75. The second-order valence-corrected chi connectivity index (χ2v) is 5.05. The monoisotopic (exact) mass is 257 g/mol. The third-order valence-corrected chi connectivity index (χ3v) is 4.11. The molecule has 0 aromatic heterocycles. The Kier molecular flexibility index (Phi) is 2.89. The van der Waals surface area contributed by atoms with Crippen molar-refractivity contribution < 1.29 is 0 Å². The number of hydrogen-bond acceptors (Lipinski definition) is 1. The van der Waals surface area contributed by atoms with E-state index in [-0.39, 0.29) is 12.4 Å². The van der Waals surface area contributed by atoms with Crippen LogP contribution in [0, 0.1) is 0 Å². The molecule has 2 aromatic rings. The van der Waals surface area contributed by atoms with Gasteiger partial charge in [0.25, 0.3) is 0 Å². The molecule has 92 valence electrons. The first kappa shape index (κ1) is 11.8. The van der Waals surface area contributed by atoms with Crippen molar-refractivity contribution in [1.29, 1.82) is 0 Å². The molecule has 2 aromatic carbocycles. The highest BCUT2D eigenvalue weighted by Crippen LogP contribution is 2.39. The van der Waals surface area contributed by atoms with Gasteiger partial charge in [-0.2, -0.15) is 0 Å². The lowest BCUT2D eigenvalue weighted by Gasteiger charge is -2.34. The molecule has 0 spiro atoms. The van der Waals surface area contributed by atoms with E-state index in [9.17, 15) is 0 Å². The molecule has 1 aliphatic heterocycles. The summed E-state index contributed by atoms with van der Waals surface area (Å²) in [4.78, 5) is 0. The minimum Gasteiger partial charge on any atom is -0.312 e. The summed E-state index contributed by atoms with van der Waals surface area (Å²) in [7, 11) is 0. The van der Waals surface area contributed by atoms with Gasteiger partial charge >= 0.3 is 0 Å². The van der Waals surface area contributed by atoms with Crippen LogP contribution in [0.1, 0.15) is 33.7 Å². The maximum atomic E-state index is 3.54. The molecule has 1 N–H and O–H groups in total. The third-order valence-electron chi connectivity index (χ3n) is 4.11. The molecule has 0 amide bonds. The van der Waals surface area contributed by atoms with Crippen molar-refractivity contribution >= 4 is 12.4 Å². The molecule has 18 heavy (non-hydrogen) atoms. The highest BCUT2D eigenvalue weighted by Gasteiger charge is 2.29. The number of halogens is 1. The van der Waals surface area contributed by atoms with Gasteiger partial charge in [-0.15, -0.1) is 12.4 Å². The number of nitrogens with one attached hydrogen (secondary N) is 1. The van der Waals surface area contributed by atoms with Gasteiger partial charge in [-0.05, 0) is 34.2 Å². The minimum absolute atomic E-state index is 0. The fraction of sp³-hybridized carbons (Fsp3) is 0.250. The third kappa shape index (κ3) is 1.58. The predicted molar refractivity (Wildman–Crippen MR) is 76.5 cm³/mol. The van der Waals surface area contributed by atoms with Gasteiger partial charge in [0.15, 0.2) is 0 Å². The zero-order chi connectivity index (χ0) is 11.2. The van der Waals surface area contributed by atoms with Crippen molar-refractivity contribution in [3.05, 3.63) is 70.3 Å². The summed E-state index contributed by atoms with van der Waals surface area (Å²) in [6.45, 7) is 2.11. The van der Waals surface area contributed by atoms with Gasteiger partial charge in [0.1, 0.15) is 0 Å². The Morgan fingerprint density at radius 3 is 2.61 bits per heavy atom. The first-order chi connectivity index (χ1) is 8.43. The summed E-state index contributed by atoms with van der Waals surface area (Å²) in [6, 6.07) is 15.7. The van der Waals surface area contributed by atoms with Crippen LogP contribution in [0.5, 0.6) is 0 Å². The van der Waals surface area contributed by atoms with Gasteiger partial charge in [-0.25, -0.2) is 0 Å². The number of rotatable bonds is 0. The number of hydrogen-bond donors (Lipinski definition) is 1. The van der Waals surface area contributed by atoms with Crippen molar-refractivity contribution in [2.24, 2.45) is 0 Å².